The van der Waals surface area contributed by atoms with Crippen LogP contribution in [0.1, 0.15) is 18.5 Å². The summed E-state index contributed by atoms with van der Waals surface area (Å²) in [5.74, 6) is -0.349. The molecule has 1 atom stereocenters. The van der Waals surface area contributed by atoms with E-state index >= 15 is 0 Å². The van der Waals surface area contributed by atoms with Crippen LogP contribution < -0.4 is 5.32 Å². The molecule has 0 saturated heterocycles. The Morgan fingerprint density at radius 2 is 2.26 bits per heavy atom. The van der Waals surface area contributed by atoms with Gasteiger partial charge in [-0.1, -0.05) is 27.5 Å². The molecule has 0 aliphatic rings. The van der Waals surface area contributed by atoms with E-state index in [2.05, 4.69) is 21.2 Å². The van der Waals surface area contributed by atoms with Gasteiger partial charge in [0.05, 0.1) is 13.2 Å². The van der Waals surface area contributed by atoms with Crippen molar-refractivity contribution >= 4 is 33.5 Å². The third-order valence-electron chi connectivity index (χ3n) is 2.45. The summed E-state index contributed by atoms with van der Waals surface area (Å²) >= 11 is 9.52. The third-order valence-corrected chi connectivity index (χ3v) is 3.28. The van der Waals surface area contributed by atoms with Crippen LogP contribution in [-0.2, 0) is 14.3 Å². The number of halogens is 2. The molecule has 1 rings (SSSR count). The lowest BCUT2D eigenvalue weighted by Gasteiger charge is -2.19. The molecule has 0 aromatic heterocycles. The lowest BCUT2D eigenvalue weighted by molar-refractivity contribution is -0.145. The number of hydrogen-bond donors (Lipinski definition) is 1. The number of benzene rings is 1. The van der Waals surface area contributed by atoms with Crippen molar-refractivity contribution in [3.63, 3.8) is 0 Å². The highest BCUT2D eigenvalue weighted by molar-refractivity contribution is 9.10. The van der Waals surface area contributed by atoms with Crippen LogP contribution in [0, 0.1) is 0 Å². The van der Waals surface area contributed by atoms with Crippen LogP contribution in [-0.4, -0.2) is 32.8 Å². The number of carbonyl (C=O) groups excluding carboxylic acids is 1. The Labute approximate surface area is 126 Å². The maximum atomic E-state index is 12.0. The molecule has 4 nitrogen and oxygen atoms in total. The second-order valence-electron chi connectivity index (χ2n) is 3.80. The zero-order chi connectivity index (χ0) is 14.3. The molecule has 19 heavy (non-hydrogen) atoms. The van der Waals surface area contributed by atoms with Gasteiger partial charge in [0.25, 0.3) is 0 Å². The van der Waals surface area contributed by atoms with Gasteiger partial charge in [-0.3, -0.25) is 5.32 Å². The van der Waals surface area contributed by atoms with Gasteiger partial charge in [0, 0.05) is 23.1 Å². The van der Waals surface area contributed by atoms with Crippen LogP contribution >= 0.6 is 27.5 Å². The first-order valence-electron chi connectivity index (χ1n) is 5.94. The Kier molecular flexibility index (Phi) is 7.38. The second-order valence-corrected chi connectivity index (χ2v) is 5.12. The van der Waals surface area contributed by atoms with Crippen molar-refractivity contribution in [1.29, 1.82) is 0 Å². The van der Waals surface area contributed by atoms with E-state index in [0.717, 1.165) is 4.47 Å². The fourth-order valence-corrected chi connectivity index (χ4v) is 2.19. The summed E-state index contributed by atoms with van der Waals surface area (Å²) in [6.45, 7) is 3.13. The Balaban J connectivity index is 2.93. The molecular weight excluding hydrogens is 334 g/mol. The quantitative estimate of drug-likeness (QED) is 0.607. The SMILES string of the molecule is CCOC(=O)C(NCCOC)c1cc(Br)ccc1Cl. The fourth-order valence-electron chi connectivity index (χ4n) is 1.59. The van der Waals surface area contributed by atoms with Gasteiger partial charge in [0.1, 0.15) is 6.04 Å². The Hall–Kier alpha value is -0.620. The van der Waals surface area contributed by atoms with Crippen LogP contribution in [0.15, 0.2) is 22.7 Å². The number of carbonyl (C=O) groups is 1. The molecule has 0 fully saturated rings. The molecule has 1 aromatic rings. The van der Waals surface area contributed by atoms with E-state index in [9.17, 15) is 4.79 Å². The normalized spacial score (nSPS) is 12.2. The summed E-state index contributed by atoms with van der Waals surface area (Å²) in [7, 11) is 1.60. The monoisotopic (exact) mass is 349 g/mol. The molecule has 0 aliphatic carbocycles. The topological polar surface area (TPSA) is 47.6 Å². The predicted molar refractivity (Wildman–Crippen MR) is 78.4 cm³/mol. The van der Waals surface area contributed by atoms with Crippen LogP contribution in [0.3, 0.4) is 0 Å². The maximum absolute atomic E-state index is 12.0. The van der Waals surface area contributed by atoms with Crippen molar-refractivity contribution in [2.45, 2.75) is 13.0 Å². The summed E-state index contributed by atoms with van der Waals surface area (Å²) in [4.78, 5) is 12.0. The van der Waals surface area contributed by atoms with Crippen molar-refractivity contribution in [1.82, 2.24) is 5.32 Å². The molecule has 0 radical (unpaired) electrons. The largest absolute Gasteiger partial charge is 0.465 e. The van der Waals surface area contributed by atoms with Gasteiger partial charge in [-0.05, 0) is 30.7 Å². The molecule has 0 amide bonds. The molecule has 1 N–H and O–H groups in total. The summed E-state index contributed by atoms with van der Waals surface area (Å²) in [6.07, 6.45) is 0. The molecule has 1 unspecified atom stereocenters. The number of hydrogen-bond acceptors (Lipinski definition) is 4. The molecule has 0 heterocycles. The van der Waals surface area contributed by atoms with E-state index in [1.807, 2.05) is 12.1 Å². The summed E-state index contributed by atoms with van der Waals surface area (Å²) in [5, 5.41) is 3.60. The van der Waals surface area contributed by atoms with Gasteiger partial charge in [-0.15, -0.1) is 0 Å². The number of rotatable bonds is 7. The minimum Gasteiger partial charge on any atom is -0.465 e. The van der Waals surface area contributed by atoms with E-state index in [4.69, 9.17) is 21.1 Å². The van der Waals surface area contributed by atoms with Crippen molar-refractivity contribution < 1.29 is 14.3 Å². The number of ether oxygens (including phenoxy) is 2. The van der Waals surface area contributed by atoms with Crippen molar-refractivity contribution in [2.24, 2.45) is 0 Å². The molecule has 6 heteroatoms. The Morgan fingerprint density at radius 1 is 1.53 bits per heavy atom. The van der Waals surface area contributed by atoms with Gasteiger partial charge in [0.2, 0.25) is 0 Å². The van der Waals surface area contributed by atoms with E-state index in [0.29, 0.717) is 30.3 Å². The highest BCUT2D eigenvalue weighted by Gasteiger charge is 2.23. The zero-order valence-corrected chi connectivity index (χ0v) is 13.3. The highest BCUT2D eigenvalue weighted by Crippen LogP contribution is 2.27. The Bertz CT molecular complexity index is 428. The van der Waals surface area contributed by atoms with Crippen LogP contribution in [0.5, 0.6) is 0 Å². The van der Waals surface area contributed by atoms with Gasteiger partial charge in [0.15, 0.2) is 0 Å². The fraction of sp³-hybridized carbons (Fsp3) is 0.462. The van der Waals surface area contributed by atoms with Crippen LogP contribution in [0.25, 0.3) is 0 Å². The third kappa shape index (κ3) is 5.10. The lowest BCUT2D eigenvalue weighted by Crippen LogP contribution is -2.32. The molecule has 0 bridgehead atoms. The average molecular weight is 351 g/mol. The summed E-state index contributed by atoms with van der Waals surface area (Å²) < 4.78 is 10.9. The van der Waals surface area contributed by atoms with Crippen LogP contribution in [0.2, 0.25) is 5.02 Å². The maximum Gasteiger partial charge on any atom is 0.327 e. The van der Waals surface area contributed by atoms with Gasteiger partial charge in [-0.25, -0.2) is 4.79 Å². The Morgan fingerprint density at radius 3 is 2.89 bits per heavy atom. The highest BCUT2D eigenvalue weighted by atomic mass is 79.9. The molecule has 0 aliphatic heterocycles. The predicted octanol–water partition coefficient (Wildman–Crippen LogP) is 2.94. The molecular formula is C13H17BrClNO3. The molecule has 1 aromatic carbocycles. The molecule has 106 valence electrons. The first-order chi connectivity index (χ1) is 9.10. The molecule has 0 saturated carbocycles. The van der Waals surface area contributed by atoms with E-state index in [-0.39, 0.29) is 5.97 Å². The second kappa shape index (κ2) is 8.53. The van der Waals surface area contributed by atoms with Crippen molar-refractivity contribution in [3.8, 4) is 0 Å². The van der Waals surface area contributed by atoms with Crippen molar-refractivity contribution in [2.75, 3.05) is 26.9 Å². The van der Waals surface area contributed by atoms with Gasteiger partial charge >= 0.3 is 5.97 Å². The number of nitrogens with one attached hydrogen (secondary N) is 1. The zero-order valence-electron chi connectivity index (χ0n) is 10.9. The minimum absolute atomic E-state index is 0.326. The van der Waals surface area contributed by atoms with E-state index in [1.54, 1.807) is 20.1 Å². The smallest absolute Gasteiger partial charge is 0.327 e. The van der Waals surface area contributed by atoms with Gasteiger partial charge < -0.3 is 9.47 Å². The first kappa shape index (κ1) is 16.4. The average Bonchev–Trinajstić information content (AvgIpc) is 2.38. The standard InChI is InChI=1S/C13H17BrClNO3/c1-3-19-13(17)12(16-6-7-18-2)10-8-9(14)4-5-11(10)15/h4-5,8,12,16H,3,6-7H2,1-2H3. The van der Waals surface area contributed by atoms with Crippen molar-refractivity contribution in [3.05, 3.63) is 33.3 Å². The van der Waals surface area contributed by atoms with Crippen LogP contribution in [0.4, 0.5) is 0 Å². The summed E-state index contributed by atoms with van der Waals surface area (Å²) in [6, 6.07) is 4.78. The summed E-state index contributed by atoms with van der Waals surface area (Å²) in [5.41, 5.74) is 0.686. The molecule has 0 spiro atoms. The van der Waals surface area contributed by atoms with E-state index in [1.165, 1.54) is 0 Å². The minimum atomic E-state index is -0.597. The number of esters is 1. The number of methoxy groups -OCH3 is 1. The lowest BCUT2D eigenvalue weighted by atomic mass is 10.1. The first-order valence-corrected chi connectivity index (χ1v) is 7.11. The van der Waals surface area contributed by atoms with E-state index < -0.39 is 6.04 Å². The van der Waals surface area contributed by atoms with Gasteiger partial charge in [-0.2, -0.15) is 0 Å².